The van der Waals surface area contributed by atoms with Crippen molar-refractivity contribution in [3.63, 3.8) is 0 Å². The first-order chi connectivity index (χ1) is 5.27. The summed E-state index contributed by atoms with van der Waals surface area (Å²) in [5.41, 5.74) is 6.64. The summed E-state index contributed by atoms with van der Waals surface area (Å²) in [6.07, 6.45) is 0. The van der Waals surface area contributed by atoms with E-state index in [2.05, 4.69) is 25.4 Å². The Morgan fingerprint density at radius 3 is 2.91 bits per heavy atom. The van der Waals surface area contributed by atoms with Gasteiger partial charge in [-0.15, -0.1) is 10.2 Å². The van der Waals surface area contributed by atoms with Gasteiger partial charge in [0.25, 0.3) is 0 Å². The van der Waals surface area contributed by atoms with Gasteiger partial charge in [-0.1, -0.05) is 0 Å². The number of hydrogen-bond donors (Lipinski definition) is 2. The van der Waals surface area contributed by atoms with Crippen LogP contribution >= 0.6 is 0 Å². The molecule has 6 heteroatoms. The summed E-state index contributed by atoms with van der Waals surface area (Å²) in [5.74, 6) is 1.09. The highest BCUT2D eigenvalue weighted by Gasteiger charge is 2.04. The predicted molar refractivity (Wildman–Crippen MR) is 38.6 cm³/mol. The van der Waals surface area contributed by atoms with E-state index in [0.717, 1.165) is 5.82 Å². The SMILES string of the molecule is Cc1nc2nnnc(N)c2[nH]1. The highest BCUT2D eigenvalue weighted by Crippen LogP contribution is 2.10. The van der Waals surface area contributed by atoms with Crippen molar-refractivity contribution in [3.8, 4) is 0 Å². The Morgan fingerprint density at radius 1 is 1.36 bits per heavy atom. The van der Waals surface area contributed by atoms with Gasteiger partial charge in [0.1, 0.15) is 11.3 Å². The molecule has 3 N–H and O–H groups in total. The van der Waals surface area contributed by atoms with Gasteiger partial charge < -0.3 is 10.7 Å². The minimum absolute atomic E-state index is 0.329. The van der Waals surface area contributed by atoms with E-state index in [0.29, 0.717) is 17.0 Å². The van der Waals surface area contributed by atoms with Crippen molar-refractivity contribution in [1.29, 1.82) is 0 Å². The van der Waals surface area contributed by atoms with Crippen LogP contribution in [0.2, 0.25) is 0 Å². The number of nitrogens with one attached hydrogen (secondary N) is 1. The van der Waals surface area contributed by atoms with Gasteiger partial charge in [0.2, 0.25) is 5.65 Å². The lowest BCUT2D eigenvalue weighted by molar-refractivity contribution is 0.895. The van der Waals surface area contributed by atoms with Crippen LogP contribution in [0.25, 0.3) is 11.2 Å². The van der Waals surface area contributed by atoms with Crippen LogP contribution < -0.4 is 5.73 Å². The van der Waals surface area contributed by atoms with Crippen molar-refractivity contribution in [2.45, 2.75) is 6.92 Å². The number of nitrogens with two attached hydrogens (primary N) is 1. The number of aryl methyl sites for hydroxylation is 1. The average Bonchev–Trinajstić information content (AvgIpc) is 2.31. The molecule has 0 bridgehead atoms. The first-order valence-corrected chi connectivity index (χ1v) is 3.08. The van der Waals surface area contributed by atoms with Gasteiger partial charge in [-0.05, 0) is 12.1 Å². The smallest absolute Gasteiger partial charge is 0.205 e. The lowest BCUT2D eigenvalue weighted by atomic mass is 10.5. The molecule has 0 saturated carbocycles. The van der Waals surface area contributed by atoms with Crippen molar-refractivity contribution >= 4 is 17.0 Å². The Morgan fingerprint density at radius 2 is 2.18 bits per heavy atom. The Bertz CT molecular complexity index is 391. The van der Waals surface area contributed by atoms with Gasteiger partial charge in [0.05, 0.1) is 0 Å². The zero-order valence-electron chi connectivity index (χ0n) is 5.87. The van der Waals surface area contributed by atoms with Crippen molar-refractivity contribution in [2.75, 3.05) is 5.73 Å². The second-order valence-electron chi connectivity index (χ2n) is 2.20. The lowest BCUT2D eigenvalue weighted by Crippen LogP contribution is -1.96. The summed E-state index contributed by atoms with van der Waals surface area (Å²) in [6.45, 7) is 1.82. The molecule has 6 nitrogen and oxygen atoms in total. The molecular weight excluding hydrogens is 144 g/mol. The molecule has 2 rings (SSSR count). The van der Waals surface area contributed by atoms with Crippen LogP contribution in [0.5, 0.6) is 0 Å². The molecule has 56 valence electrons. The largest absolute Gasteiger partial charge is 0.380 e. The maximum absolute atomic E-state index is 5.48. The maximum Gasteiger partial charge on any atom is 0.205 e. The number of fused-ring (bicyclic) bond motifs is 1. The van der Waals surface area contributed by atoms with E-state index >= 15 is 0 Å². The van der Waals surface area contributed by atoms with Crippen LogP contribution in [-0.2, 0) is 0 Å². The number of aromatic nitrogens is 5. The fourth-order valence-electron chi connectivity index (χ4n) is 0.893. The first-order valence-electron chi connectivity index (χ1n) is 3.08. The quantitative estimate of drug-likeness (QED) is 0.534. The zero-order chi connectivity index (χ0) is 7.84. The molecule has 0 aliphatic carbocycles. The van der Waals surface area contributed by atoms with Crippen molar-refractivity contribution in [1.82, 2.24) is 25.4 Å². The minimum atomic E-state index is 0.329. The zero-order valence-corrected chi connectivity index (χ0v) is 5.87. The molecule has 11 heavy (non-hydrogen) atoms. The van der Waals surface area contributed by atoms with Crippen LogP contribution in [0.15, 0.2) is 0 Å². The number of hydrogen-bond acceptors (Lipinski definition) is 5. The van der Waals surface area contributed by atoms with Gasteiger partial charge in [0, 0.05) is 0 Å². The molecule has 0 aromatic carbocycles. The standard InChI is InChI=1S/C5H6N6/c1-2-7-3-4(6)9-11-10-5(3)8-2/h1H3,(H3,6,7,8,9,10). The van der Waals surface area contributed by atoms with Gasteiger partial charge >= 0.3 is 0 Å². The predicted octanol–water partition coefficient (Wildman–Crippen LogP) is -0.361. The molecule has 2 aromatic rings. The van der Waals surface area contributed by atoms with Gasteiger partial charge in [0.15, 0.2) is 5.82 Å². The topological polar surface area (TPSA) is 93.4 Å². The summed E-state index contributed by atoms with van der Waals surface area (Å²) in [6, 6.07) is 0. The molecule has 0 amide bonds. The third-order valence-electron chi connectivity index (χ3n) is 1.35. The molecule has 0 aliphatic rings. The number of nitrogens with zero attached hydrogens (tertiary/aromatic N) is 4. The summed E-state index contributed by atoms with van der Waals surface area (Å²) in [5, 5.41) is 10.7. The summed E-state index contributed by atoms with van der Waals surface area (Å²) < 4.78 is 0. The van der Waals surface area contributed by atoms with Crippen molar-refractivity contribution in [3.05, 3.63) is 5.82 Å². The average molecular weight is 150 g/mol. The fraction of sp³-hybridized carbons (Fsp3) is 0.200. The molecule has 0 saturated heterocycles. The molecule has 2 aromatic heterocycles. The van der Waals surface area contributed by atoms with E-state index in [1.54, 1.807) is 0 Å². The number of nitrogen functional groups attached to an aromatic ring is 1. The lowest BCUT2D eigenvalue weighted by Gasteiger charge is -1.87. The van der Waals surface area contributed by atoms with Gasteiger partial charge in [-0.3, -0.25) is 0 Å². The van der Waals surface area contributed by atoms with E-state index in [4.69, 9.17) is 5.73 Å². The second-order valence-corrected chi connectivity index (χ2v) is 2.20. The number of imidazole rings is 1. The molecule has 0 fully saturated rings. The van der Waals surface area contributed by atoms with Crippen LogP contribution in [0.3, 0.4) is 0 Å². The summed E-state index contributed by atoms with van der Waals surface area (Å²) in [4.78, 5) is 6.95. The first kappa shape index (κ1) is 6.02. The molecule has 0 atom stereocenters. The van der Waals surface area contributed by atoms with E-state index in [1.807, 2.05) is 6.92 Å². The molecule has 0 unspecified atom stereocenters. The van der Waals surface area contributed by atoms with E-state index in [9.17, 15) is 0 Å². The van der Waals surface area contributed by atoms with E-state index in [1.165, 1.54) is 0 Å². The highest BCUT2D eigenvalue weighted by atomic mass is 15.3. The molecule has 0 spiro atoms. The third kappa shape index (κ3) is 0.794. The van der Waals surface area contributed by atoms with E-state index in [-0.39, 0.29) is 0 Å². The van der Waals surface area contributed by atoms with Crippen molar-refractivity contribution < 1.29 is 0 Å². The Labute approximate surface area is 61.8 Å². The number of rotatable bonds is 0. The van der Waals surface area contributed by atoms with Crippen LogP contribution in [0.4, 0.5) is 5.82 Å². The number of H-pyrrole nitrogens is 1. The Kier molecular flexibility index (Phi) is 1.03. The van der Waals surface area contributed by atoms with Gasteiger partial charge in [-0.25, -0.2) is 4.98 Å². The maximum atomic E-state index is 5.48. The second kappa shape index (κ2) is 1.88. The molecule has 0 radical (unpaired) electrons. The molecule has 2 heterocycles. The fourth-order valence-corrected chi connectivity index (χ4v) is 0.893. The molecular formula is C5H6N6. The monoisotopic (exact) mass is 150 g/mol. The van der Waals surface area contributed by atoms with Gasteiger partial charge in [-0.2, -0.15) is 0 Å². The number of anilines is 1. The summed E-state index contributed by atoms with van der Waals surface area (Å²) >= 11 is 0. The highest BCUT2D eigenvalue weighted by molar-refractivity contribution is 5.80. The van der Waals surface area contributed by atoms with Crippen molar-refractivity contribution in [2.24, 2.45) is 0 Å². The third-order valence-corrected chi connectivity index (χ3v) is 1.35. The summed E-state index contributed by atoms with van der Waals surface area (Å²) in [7, 11) is 0. The van der Waals surface area contributed by atoms with Crippen LogP contribution in [0, 0.1) is 6.92 Å². The minimum Gasteiger partial charge on any atom is -0.380 e. The van der Waals surface area contributed by atoms with Crippen LogP contribution in [0.1, 0.15) is 5.82 Å². The Hall–Kier alpha value is -1.72. The van der Waals surface area contributed by atoms with Crippen LogP contribution in [-0.4, -0.2) is 25.4 Å². The number of aromatic amines is 1. The molecule has 0 aliphatic heterocycles. The van der Waals surface area contributed by atoms with E-state index < -0.39 is 0 Å². The Balaban J connectivity index is 2.90. The normalized spacial score (nSPS) is 10.6.